The Hall–Kier alpha value is -1.32. The van der Waals surface area contributed by atoms with Gasteiger partial charge in [0, 0.05) is 19.3 Å². The van der Waals surface area contributed by atoms with E-state index < -0.39 is 32.5 Å². The molecule has 40 heavy (non-hydrogen) atoms. The van der Waals surface area contributed by atoms with Crippen LogP contribution in [0.1, 0.15) is 116 Å². The Kier molecular flexibility index (Phi) is 23.5. The van der Waals surface area contributed by atoms with Gasteiger partial charge in [0.1, 0.15) is 26.0 Å². The van der Waals surface area contributed by atoms with Gasteiger partial charge in [-0.25, -0.2) is 4.57 Å². The second-order valence-electron chi connectivity index (χ2n) is 11.5. The largest absolute Gasteiger partial charge is 0.472 e. The first-order valence-corrected chi connectivity index (χ1v) is 16.7. The molecule has 0 amide bonds. The molecule has 11 heteroatoms. The number of carbonyl (C=O) groups is 3. The average Bonchev–Trinajstić information content (AvgIpc) is 2.87. The minimum Gasteiger partial charge on any atom is -0.462 e. The summed E-state index contributed by atoms with van der Waals surface area (Å²) in [6, 6.07) is 0. The van der Waals surface area contributed by atoms with E-state index in [-0.39, 0.29) is 32.5 Å². The van der Waals surface area contributed by atoms with E-state index in [1.807, 2.05) is 21.1 Å². The Bertz CT molecular complexity index is 712. The number of quaternary nitrogens is 1. The lowest BCUT2D eigenvalue weighted by molar-refractivity contribution is -0.870. The van der Waals surface area contributed by atoms with Crippen molar-refractivity contribution in [3.63, 3.8) is 0 Å². The van der Waals surface area contributed by atoms with E-state index in [0.29, 0.717) is 23.7 Å². The van der Waals surface area contributed by atoms with Crippen LogP contribution in [0.25, 0.3) is 0 Å². The number of carbonyl (C=O) groups excluding carboxylic acids is 3. The van der Waals surface area contributed by atoms with Crippen LogP contribution in [0.5, 0.6) is 0 Å². The maximum Gasteiger partial charge on any atom is 0.472 e. The standard InChI is InChI=1S/C29H56NO9P/c1-5-6-7-8-9-10-11-12-13-14-15-16-17-20-28(32)36-25-27(39-29(33)21-18-19-23-31)26-38-40(34,35)37-24-22-30(2,3)4/h23,27H,5-22,24-26H2,1-4H3/p+1/t27-/m0/s1. The third kappa shape index (κ3) is 26.9. The van der Waals surface area contributed by atoms with E-state index in [9.17, 15) is 23.8 Å². The normalized spacial score (nSPS) is 13.9. The topological polar surface area (TPSA) is 125 Å². The first-order chi connectivity index (χ1) is 19.0. The molecule has 0 aromatic carbocycles. The second kappa shape index (κ2) is 24.3. The van der Waals surface area contributed by atoms with E-state index >= 15 is 0 Å². The van der Waals surface area contributed by atoms with Crippen molar-refractivity contribution in [2.75, 3.05) is 47.5 Å². The number of hydrogen-bond donors (Lipinski definition) is 1. The van der Waals surface area contributed by atoms with Gasteiger partial charge in [0.25, 0.3) is 0 Å². The number of nitrogens with zero attached hydrogens (tertiary/aromatic N) is 1. The van der Waals surface area contributed by atoms with Crippen molar-refractivity contribution in [1.29, 1.82) is 0 Å². The number of ether oxygens (including phenoxy) is 2. The Morgan fingerprint density at radius 3 is 1.82 bits per heavy atom. The highest BCUT2D eigenvalue weighted by molar-refractivity contribution is 7.47. The molecule has 0 saturated carbocycles. The molecular weight excluding hydrogens is 537 g/mol. The number of aldehydes is 1. The highest BCUT2D eigenvalue weighted by Crippen LogP contribution is 2.43. The van der Waals surface area contributed by atoms with Gasteiger partial charge >= 0.3 is 19.8 Å². The van der Waals surface area contributed by atoms with Gasteiger partial charge in [-0.05, 0) is 12.8 Å². The predicted octanol–water partition coefficient (Wildman–Crippen LogP) is 6.13. The quantitative estimate of drug-likeness (QED) is 0.0374. The summed E-state index contributed by atoms with van der Waals surface area (Å²) < 4.78 is 33.3. The SMILES string of the molecule is CCCCCCCCCCCCCCCC(=O)OC[C@@H](COP(=O)(O)OCC[N+](C)(C)C)OC(=O)CCCC=O. The Morgan fingerprint density at radius 1 is 0.775 bits per heavy atom. The second-order valence-corrected chi connectivity index (χ2v) is 12.9. The van der Waals surface area contributed by atoms with Crippen molar-refractivity contribution in [2.24, 2.45) is 0 Å². The average molecular weight is 595 g/mol. The van der Waals surface area contributed by atoms with Crippen LogP contribution in [0.4, 0.5) is 0 Å². The van der Waals surface area contributed by atoms with Crippen LogP contribution >= 0.6 is 7.82 Å². The van der Waals surface area contributed by atoms with E-state index in [2.05, 4.69) is 6.92 Å². The molecule has 0 aliphatic rings. The zero-order valence-electron chi connectivity index (χ0n) is 25.6. The maximum atomic E-state index is 12.2. The molecule has 0 aromatic heterocycles. The molecule has 2 atom stereocenters. The van der Waals surface area contributed by atoms with Gasteiger partial charge in [-0.3, -0.25) is 18.6 Å². The van der Waals surface area contributed by atoms with Crippen LogP contribution in [0, 0.1) is 0 Å². The molecule has 0 bridgehead atoms. The molecule has 0 fully saturated rings. The van der Waals surface area contributed by atoms with E-state index in [1.165, 1.54) is 64.2 Å². The Morgan fingerprint density at radius 2 is 1.30 bits per heavy atom. The van der Waals surface area contributed by atoms with E-state index in [4.69, 9.17) is 18.5 Å². The number of phosphoric ester groups is 1. The third-order valence-electron chi connectivity index (χ3n) is 6.36. The van der Waals surface area contributed by atoms with Gasteiger partial charge in [0.05, 0.1) is 27.7 Å². The fourth-order valence-corrected chi connectivity index (χ4v) is 4.62. The Balaban J connectivity index is 4.27. The highest BCUT2D eigenvalue weighted by atomic mass is 31.2. The van der Waals surface area contributed by atoms with Crippen LogP contribution in [-0.4, -0.2) is 81.2 Å². The van der Waals surface area contributed by atoms with Gasteiger partial charge < -0.3 is 23.6 Å². The lowest BCUT2D eigenvalue weighted by atomic mass is 10.0. The fourth-order valence-electron chi connectivity index (χ4n) is 3.88. The molecule has 1 unspecified atom stereocenters. The molecule has 0 aliphatic carbocycles. The fraction of sp³-hybridized carbons (Fsp3) is 0.897. The first kappa shape index (κ1) is 38.7. The van der Waals surface area contributed by atoms with Crippen LogP contribution in [0.3, 0.4) is 0 Å². The minimum atomic E-state index is -4.38. The summed E-state index contributed by atoms with van der Waals surface area (Å²) in [5.41, 5.74) is 0. The maximum absolute atomic E-state index is 12.2. The van der Waals surface area contributed by atoms with Crippen molar-refractivity contribution in [2.45, 2.75) is 122 Å². The lowest BCUT2D eigenvalue weighted by Crippen LogP contribution is -2.37. The van der Waals surface area contributed by atoms with Crippen molar-refractivity contribution >= 4 is 26.0 Å². The summed E-state index contributed by atoms with van der Waals surface area (Å²) in [6.45, 7) is 1.96. The zero-order valence-corrected chi connectivity index (χ0v) is 26.5. The molecule has 0 aliphatic heterocycles. The number of unbranched alkanes of at least 4 members (excludes halogenated alkanes) is 13. The Labute approximate surface area is 242 Å². The van der Waals surface area contributed by atoms with E-state index in [1.54, 1.807) is 0 Å². The molecular formula is C29H57NO9P+. The van der Waals surface area contributed by atoms with Gasteiger partial charge in [-0.2, -0.15) is 0 Å². The number of likely N-dealkylation sites (N-methyl/N-ethyl adjacent to an activating group) is 1. The molecule has 0 saturated heterocycles. The van der Waals surface area contributed by atoms with Gasteiger partial charge in [-0.15, -0.1) is 0 Å². The van der Waals surface area contributed by atoms with Crippen molar-refractivity contribution < 1.29 is 46.8 Å². The number of esters is 2. The highest BCUT2D eigenvalue weighted by Gasteiger charge is 2.27. The summed E-state index contributed by atoms with van der Waals surface area (Å²) in [4.78, 5) is 44.7. The smallest absolute Gasteiger partial charge is 0.462 e. The van der Waals surface area contributed by atoms with Gasteiger partial charge in [-0.1, -0.05) is 84.0 Å². The molecule has 0 radical (unpaired) electrons. The molecule has 0 heterocycles. The van der Waals surface area contributed by atoms with Gasteiger partial charge in [0.15, 0.2) is 6.10 Å². The third-order valence-corrected chi connectivity index (χ3v) is 7.34. The molecule has 236 valence electrons. The molecule has 0 aromatic rings. The lowest BCUT2D eigenvalue weighted by Gasteiger charge is -2.24. The van der Waals surface area contributed by atoms with Crippen LogP contribution in [0.15, 0.2) is 0 Å². The number of hydrogen-bond acceptors (Lipinski definition) is 8. The van der Waals surface area contributed by atoms with Gasteiger partial charge in [0.2, 0.25) is 0 Å². The summed E-state index contributed by atoms with van der Waals surface area (Å²) in [6.07, 6.45) is 16.2. The monoisotopic (exact) mass is 594 g/mol. The number of rotatable bonds is 28. The van der Waals surface area contributed by atoms with Crippen molar-refractivity contribution in [3.05, 3.63) is 0 Å². The number of phosphoric acid groups is 1. The first-order valence-electron chi connectivity index (χ1n) is 15.2. The van der Waals surface area contributed by atoms with Crippen LogP contribution < -0.4 is 0 Å². The summed E-state index contributed by atoms with van der Waals surface area (Å²) in [5, 5.41) is 0. The van der Waals surface area contributed by atoms with E-state index in [0.717, 1.165) is 19.3 Å². The summed E-state index contributed by atoms with van der Waals surface area (Å²) >= 11 is 0. The zero-order chi connectivity index (χ0) is 30.1. The molecule has 0 spiro atoms. The summed E-state index contributed by atoms with van der Waals surface area (Å²) in [5.74, 6) is -1.03. The van der Waals surface area contributed by atoms with Crippen molar-refractivity contribution in [1.82, 2.24) is 0 Å². The van der Waals surface area contributed by atoms with Crippen LogP contribution in [0.2, 0.25) is 0 Å². The van der Waals surface area contributed by atoms with Crippen molar-refractivity contribution in [3.8, 4) is 0 Å². The molecule has 10 nitrogen and oxygen atoms in total. The molecule has 0 rings (SSSR count). The summed E-state index contributed by atoms with van der Waals surface area (Å²) in [7, 11) is 1.37. The molecule has 1 N–H and O–H groups in total. The van der Waals surface area contributed by atoms with Crippen LogP contribution in [-0.2, 0) is 37.5 Å². The predicted molar refractivity (Wildman–Crippen MR) is 156 cm³/mol. The minimum absolute atomic E-state index is 0.00106.